The van der Waals surface area contributed by atoms with E-state index in [4.69, 9.17) is 0 Å². The quantitative estimate of drug-likeness (QED) is 0.810. The molecule has 0 radical (unpaired) electrons. The van der Waals surface area contributed by atoms with Crippen LogP contribution in [-0.4, -0.2) is 48.2 Å². The van der Waals surface area contributed by atoms with Crippen LogP contribution in [0, 0.1) is 11.8 Å². The molecule has 2 fully saturated rings. The van der Waals surface area contributed by atoms with E-state index in [9.17, 15) is 22.8 Å². The first kappa shape index (κ1) is 17.9. The summed E-state index contributed by atoms with van der Waals surface area (Å²) in [6.45, 7) is 3.64. The Labute approximate surface area is 134 Å². The molecule has 1 heterocycles. The van der Waals surface area contributed by atoms with Crippen molar-refractivity contribution < 1.29 is 22.8 Å². The van der Waals surface area contributed by atoms with Gasteiger partial charge in [0.15, 0.2) is 0 Å². The van der Waals surface area contributed by atoms with Crippen molar-refractivity contribution in [1.29, 1.82) is 0 Å². The molecular formula is C15H24F3N3O2. The Morgan fingerprint density at radius 2 is 1.87 bits per heavy atom. The number of alkyl halides is 3. The molecule has 0 aromatic rings. The highest BCUT2D eigenvalue weighted by Crippen LogP contribution is 2.28. The number of rotatable bonds is 5. The van der Waals surface area contributed by atoms with Gasteiger partial charge in [0.25, 0.3) is 0 Å². The molecule has 132 valence electrons. The molecule has 5 nitrogen and oxygen atoms in total. The Morgan fingerprint density at radius 3 is 2.30 bits per heavy atom. The summed E-state index contributed by atoms with van der Waals surface area (Å²) in [6, 6.07) is -2.72. The number of carbonyl (C=O) groups excluding carboxylic acids is 2. The monoisotopic (exact) mass is 335 g/mol. The van der Waals surface area contributed by atoms with Crippen molar-refractivity contribution in [3.05, 3.63) is 0 Å². The van der Waals surface area contributed by atoms with Gasteiger partial charge in [-0.15, -0.1) is 0 Å². The first-order valence-corrected chi connectivity index (χ1v) is 8.14. The van der Waals surface area contributed by atoms with Crippen LogP contribution in [0.15, 0.2) is 0 Å². The topological polar surface area (TPSA) is 61.4 Å². The van der Waals surface area contributed by atoms with E-state index >= 15 is 0 Å². The van der Waals surface area contributed by atoms with Crippen molar-refractivity contribution >= 4 is 11.9 Å². The van der Waals surface area contributed by atoms with Crippen molar-refractivity contribution in [1.82, 2.24) is 15.5 Å². The molecule has 2 aliphatic rings. The minimum atomic E-state index is -4.46. The summed E-state index contributed by atoms with van der Waals surface area (Å²) in [7, 11) is 0. The van der Waals surface area contributed by atoms with E-state index < -0.39 is 24.2 Å². The number of likely N-dealkylation sites (tertiary alicyclic amines) is 1. The van der Waals surface area contributed by atoms with Crippen LogP contribution >= 0.6 is 0 Å². The molecule has 1 aliphatic heterocycles. The number of carbonyl (C=O) groups is 2. The zero-order valence-corrected chi connectivity index (χ0v) is 13.4. The minimum Gasteiger partial charge on any atom is -0.350 e. The largest absolute Gasteiger partial charge is 0.408 e. The third kappa shape index (κ3) is 4.29. The molecule has 1 saturated carbocycles. The molecule has 2 atom stereocenters. The van der Waals surface area contributed by atoms with Crippen molar-refractivity contribution in [2.75, 3.05) is 13.1 Å². The maximum absolute atomic E-state index is 13.0. The van der Waals surface area contributed by atoms with Crippen LogP contribution in [0.5, 0.6) is 0 Å². The fourth-order valence-electron chi connectivity index (χ4n) is 2.73. The molecule has 1 saturated heterocycles. The number of urea groups is 1. The summed E-state index contributed by atoms with van der Waals surface area (Å²) in [4.78, 5) is 25.0. The van der Waals surface area contributed by atoms with Gasteiger partial charge in [-0.1, -0.05) is 26.7 Å². The van der Waals surface area contributed by atoms with Crippen molar-refractivity contribution in [2.45, 2.75) is 57.8 Å². The van der Waals surface area contributed by atoms with Gasteiger partial charge in [0.1, 0.15) is 6.04 Å². The van der Waals surface area contributed by atoms with E-state index in [2.05, 4.69) is 10.6 Å². The number of halogens is 3. The highest BCUT2D eigenvalue weighted by Gasteiger charge is 2.45. The maximum atomic E-state index is 13.0. The number of nitrogens with zero attached hydrogens (tertiary/aromatic N) is 1. The van der Waals surface area contributed by atoms with E-state index in [-0.39, 0.29) is 31.0 Å². The molecule has 0 aromatic carbocycles. The summed E-state index contributed by atoms with van der Waals surface area (Å²) in [5, 5.41) is 4.92. The zero-order valence-electron chi connectivity index (χ0n) is 13.4. The molecule has 0 spiro atoms. The highest BCUT2D eigenvalue weighted by molar-refractivity contribution is 5.80. The lowest BCUT2D eigenvalue weighted by Gasteiger charge is -2.41. The van der Waals surface area contributed by atoms with Crippen LogP contribution in [0.2, 0.25) is 0 Å². The van der Waals surface area contributed by atoms with Gasteiger partial charge in [-0.25, -0.2) is 4.79 Å². The molecule has 2 rings (SSSR count). The molecule has 1 aliphatic carbocycles. The van der Waals surface area contributed by atoms with Gasteiger partial charge >= 0.3 is 12.2 Å². The number of hydrogen-bond donors (Lipinski definition) is 2. The predicted molar refractivity (Wildman–Crippen MR) is 78.7 cm³/mol. The maximum Gasteiger partial charge on any atom is 0.408 e. The van der Waals surface area contributed by atoms with Crippen molar-refractivity contribution in [3.8, 4) is 0 Å². The summed E-state index contributed by atoms with van der Waals surface area (Å²) in [5.41, 5.74) is 0. The Hall–Kier alpha value is -1.47. The van der Waals surface area contributed by atoms with E-state index in [1.807, 2.05) is 0 Å². The predicted octanol–water partition coefficient (Wildman–Crippen LogP) is 2.27. The average Bonchev–Trinajstić information content (AvgIpc) is 2.35. The first-order chi connectivity index (χ1) is 10.7. The number of nitrogens with one attached hydrogen (secondary N) is 2. The Bertz CT molecular complexity index is 446. The second-order valence-corrected chi connectivity index (χ2v) is 6.59. The van der Waals surface area contributed by atoms with Crippen LogP contribution in [0.4, 0.5) is 18.0 Å². The molecule has 0 unspecified atom stereocenters. The molecule has 0 aromatic heterocycles. The number of amides is 3. The van der Waals surface area contributed by atoms with Crippen LogP contribution in [0.1, 0.15) is 39.5 Å². The molecule has 0 bridgehead atoms. The third-order valence-corrected chi connectivity index (χ3v) is 4.84. The summed E-state index contributed by atoms with van der Waals surface area (Å²) < 4.78 is 39.0. The van der Waals surface area contributed by atoms with Gasteiger partial charge in [0, 0.05) is 19.0 Å². The second kappa shape index (κ2) is 6.97. The number of hydrogen-bond acceptors (Lipinski definition) is 2. The average molecular weight is 335 g/mol. The van der Waals surface area contributed by atoms with Crippen LogP contribution in [0.25, 0.3) is 0 Å². The van der Waals surface area contributed by atoms with E-state index in [1.54, 1.807) is 6.92 Å². The minimum absolute atomic E-state index is 0.00548. The Balaban J connectivity index is 1.77. The summed E-state index contributed by atoms with van der Waals surface area (Å²) in [5.74, 6) is -0.624. The third-order valence-electron chi connectivity index (χ3n) is 4.84. The SMILES string of the molecule is CC[C@H](C)[C@H](NC(=O)N1CC(NC(=O)C2CCC2)C1)C(F)(F)F. The van der Waals surface area contributed by atoms with Crippen LogP contribution in [-0.2, 0) is 4.79 Å². The van der Waals surface area contributed by atoms with Crippen LogP contribution in [0.3, 0.4) is 0 Å². The van der Waals surface area contributed by atoms with Gasteiger partial charge in [0.05, 0.1) is 6.04 Å². The van der Waals surface area contributed by atoms with E-state index in [0.717, 1.165) is 19.3 Å². The molecule has 2 N–H and O–H groups in total. The summed E-state index contributed by atoms with van der Waals surface area (Å²) >= 11 is 0. The normalized spacial score (nSPS) is 21.9. The van der Waals surface area contributed by atoms with Gasteiger partial charge in [-0.05, 0) is 18.8 Å². The van der Waals surface area contributed by atoms with E-state index in [1.165, 1.54) is 11.8 Å². The fraction of sp³-hybridized carbons (Fsp3) is 0.867. The summed E-state index contributed by atoms with van der Waals surface area (Å²) in [6.07, 6.45) is -1.29. The Morgan fingerprint density at radius 1 is 1.26 bits per heavy atom. The smallest absolute Gasteiger partial charge is 0.350 e. The van der Waals surface area contributed by atoms with E-state index in [0.29, 0.717) is 6.42 Å². The fourth-order valence-corrected chi connectivity index (χ4v) is 2.73. The second-order valence-electron chi connectivity index (χ2n) is 6.59. The highest BCUT2D eigenvalue weighted by atomic mass is 19.4. The first-order valence-electron chi connectivity index (χ1n) is 8.14. The molecular weight excluding hydrogens is 311 g/mol. The standard InChI is InChI=1S/C15H24F3N3O2/c1-3-9(2)12(15(16,17)18)20-14(23)21-7-11(8-21)19-13(22)10-5-4-6-10/h9-12H,3-8H2,1-2H3,(H,19,22)(H,20,23)/t9-,12-/m0/s1. The zero-order chi connectivity index (χ0) is 17.2. The lowest BCUT2D eigenvalue weighted by molar-refractivity contribution is -0.164. The van der Waals surface area contributed by atoms with Gasteiger partial charge in [-0.2, -0.15) is 13.2 Å². The molecule has 8 heteroatoms. The van der Waals surface area contributed by atoms with Crippen molar-refractivity contribution in [3.63, 3.8) is 0 Å². The lowest BCUT2D eigenvalue weighted by atomic mass is 9.84. The van der Waals surface area contributed by atoms with Gasteiger partial charge in [-0.3, -0.25) is 4.79 Å². The molecule has 23 heavy (non-hydrogen) atoms. The van der Waals surface area contributed by atoms with Crippen LogP contribution < -0.4 is 10.6 Å². The Kier molecular flexibility index (Phi) is 5.41. The van der Waals surface area contributed by atoms with Gasteiger partial charge in [0.2, 0.25) is 5.91 Å². The van der Waals surface area contributed by atoms with Gasteiger partial charge < -0.3 is 15.5 Å². The van der Waals surface area contributed by atoms with Crippen molar-refractivity contribution in [2.24, 2.45) is 11.8 Å². The molecule has 3 amide bonds. The lowest BCUT2D eigenvalue weighted by Crippen LogP contribution is -2.65.